The normalized spacial score (nSPS) is 15.9. The molecule has 2 rings (SSSR count). The molecule has 16 heavy (non-hydrogen) atoms. The molecule has 0 radical (unpaired) electrons. The molecule has 0 spiro atoms. The first-order valence-electron chi connectivity index (χ1n) is 5.89. The number of hydrogen-bond donors (Lipinski definition) is 1. The van der Waals surface area contributed by atoms with E-state index in [9.17, 15) is 5.11 Å². The van der Waals surface area contributed by atoms with Crippen LogP contribution in [0.15, 0.2) is 18.2 Å². The van der Waals surface area contributed by atoms with Crippen molar-refractivity contribution in [2.75, 3.05) is 13.2 Å². The van der Waals surface area contributed by atoms with Gasteiger partial charge in [-0.1, -0.05) is 31.9 Å². The van der Waals surface area contributed by atoms with E-state index in [0.717, 1.165) is 36.3 Å². The second-order valence-electron chi connectivity index (χ2n) is 4.03. The highest BCUT2D eigenvalue weighted by atomic mass is 16.6. The van der Waals surface area contributed by atoms with Crippen molar-refractivity contribution in [3.63, 3.8) is 0 Å². The Morgan fingerprint density at radius 3 is 2.94 bits per heavy atom. The van der Waals surface area contributed by atoms with Gasteiger partial charge < -0.3 is 14.6 Å². The third-order valence-electron chi connectivity index (χ3n) is 2.79. The van der Waals surface area contributed by atoms with E-state index in [1.54, 1.807) is 0 Å². The molecule has 1 heterocycles. The zero-order valence-corrected chi connectivity index (χ0v) is 9.61. The molecular formula is C13H18O3. The van der Waals surface area contributed by atoms with Crippen LogP contribution in [0.2, 0.25) is 0 Å². The van der Waals surface area contributed by atoms with E-state index in [4.69, 9.17) is 9.47 Å². The molecule has 1 unspecified atom stereocenters. The van der Waals surface area contributed by atoms with Crippen LogP contribution in [0.25, 0.3) is 0 Å². The zero-order valence-electron chi connectivity index (χ0n) is 9.61. The molecule has 0 bridgehead atoms. The molecule has 88 valence electrons. The second-order valence-corrected chi connectivity index (χ2v) is 4.03. The summed E-state index contributed by atoms with van der Waals surface area (Å²) in [4.78, 5) is 0. The Bertz CT molecular complexity index is 349. The SMILES string of the molecule is CCCCC(O)c1cccc2c1OCCO2. The maximum Gasteiger partial charge on any atom is 0.167 e. The number of ether oxygens (including phenoxy) is 2. The van der Waals surface area contributed by atoms with E-state index in [2.05, 4.69) is 6.92 Å². The number of hydrogen-bond acceptors (Lipinski definition) is 3. The van der Waals surface area contributed by atoms with Crippen molar-refractivity contribution in [3.05, 3.63) is 23.8 Å². The van der Waals surface area contributed by atoms with Gasteiger partial charge in [-0.25, -0.2) is 0 Å². The van der Waals surface area contributed by atoms with Gasteiger partial charge in [-0.15, -0.1) is 0 Å². The molecule has 1 aromatic rings. The van der Waals surface area contributed by atoms with Crippen molar-refractivity contribution < 1.29 is 14.6 Å². The van der Waals surface area contributed by atoms with E-state index in [1.165, 1.54) is 0 Å². The largest absolute Gasteiger partial charge is 0.486 e. The molecule has 1 N–H and O–H groups in total. The molecule has 0 aromatic heterocycles. The Labute approximate surface area is 96.0 Å². The van der Waals surface area contributed by atoms with Crippen LogP contribution in [0, 0.1) is 0 Å². The third kappa shape index (κ3) is 2.30. The summed E-state index contributed by atoms with van der Waals surface area (Å²) in [6.07, 6.45) is 2.43. The second kappa shape index (κ2) is 5.21. The summed E-state index contributed by atoms with van der Waals surface area (Å²) in [5.74, 6) is 1.47. The third-order valence-corrected chi connectivity index (χ3v) is 2.79. The average molecular weight is 222 g/mol. The molecule has 1 aromatic carbocycles. The topological polar surface area (TPSA) is 38.7 Å². The monoisotopic (exact) mass is 222 g/mol. The van der Waals surface area contributed by atoms with Crippen molar-refractivity contribution in [1.29, 1.82) is 0 Å². The van der Waals surface area contributed by atoms with Crippen LogP contribution in [0.5, 0.6) is 11.5 Å². The van der Waals surface area contributed by atoms with Crippen molar-refractivity contribution >= 4 is 0 Å². The number of rotatable bonds is 4. The first-order chi connectivity index (χ1) is 7.83. The minimum atomic E-state index is -0.448. The summed E-state index contributed by atoms with van der Waals surface area (Å²) in [5.41, 5.74) is 0.852. The Balaban J connectivity index is 2.19. The van der Waals surface area contributed by atoms with Crippen LogP contribution in [0.4, 0.5) is 0 Å². The number of aliphatic hydroxyl groups is 1. The van der Waals surface area contributed by atoms with E-state index in [0.29, 0.717) is 13.2 Å². The van der Waals surface area contributed by atoms with E-state index < -0.39 is 6.10 Å². The van der Waals surface area contributed by atoms with Crippen molar-refractivity contribution in [1.82, 2.24) is 0 Å². The summed E-state index contributed by atoms with van der Waals surface area (Å²) in [6, 6.07) is 5.69. The molecule has 1 aliphatic rings. The van der Waals surface area contributed by atoms with Crippen LogP contribution >= 0.6 is 0 Å². The highest BCUT2D eigenvalue weighted by Crippen LogP contribution is 2.38. The minimum Gasteiger partial charge on any atom is -0.486 e. The zero-order chi connectivity index (χ0) is 11.4. The number of aliphatic hydroxyl groups excluding tert-OH is 1. The molecule has 1 aliphatic heterocycles. The van der Waals surface area contributed by atoms with Crippen LogP contribution in [0.1, 0.15) is 37.9 Å². The lowest BCUT2D eigenvalue weighted by Gasteiger charge is -2.23. The minimum absolute atomic E-state index is 0.448. The van der Waals surface area contributed by atoms with Gasteiger partial charge in [0.25, 0.3) is 0 Å². The van der Waals surface area contributed by atoms with Crippen LogP contribution < -0.4 is 9.47 Å². The van der Waals surface area contributed by atoms with Gasteiger partial charge in [-0.2, -0.15) is 0 Å². The molecular weight excluding hydrogens is 204 g/mol. The average Bonchev–Trinajstić information content (AvgIpc) is 2.35. The summed E-state index contributed by atoms with van der Waals surface area (Å²) >= 11 is 0. The number of para-hydroxylation sites is 1. The summed E-state index contributed by atoms with van der Waals surface area (Å²) in [6.45, 7) is 3.26. The van der Waals surface area contributed by atoms with Crippen LogP contribution in [-0.4, -0.2) is 18.3 Å². The van der Waals surface area contributed by atoms with Gasteiger partial charge >= 0.3 is 0 Å². The van der Waals surface area contributed by atoms with Gasteiger partial charge in [0.15, 0.2) is 11.5 Å². The van der Waals surface area contributed by atoms with Crippen LogP contribution in [-0.2, 0) is 0 Å². The lowest BCUT2D eigenvalue weighted by atomic mass is 10.0. The van der Waals surface area contributed by atoms with Crippen molar-refractivity contribution in [3.8, 4) is 11.5 Å². The Hall–Kier alpha value is -1.22. The molecule has 1 atom stereocenters. The van der Waals surface area contributed by atoms with Gasteiger partial charge in [-0.3, -0.25) is 0 Å². The first kappa shape index (κ1) is 11.3. The maximum atomic E-state index is 10.1. The maximum absolute atomic E-state index is 10.1. The van der Waals surface area contributed by atoms with E-state index in [1.807, 2.05) is 18.2 Å². The van der Waals surface area contributed by atoms with Gasteiger partial charge in [0.1, 0.15) is 13.2 Å². The van der Waals surface area contributed by atoms with Gasteiger partial charge in [0, 0.05) is 5.56 Å². The summed E-state index contributed by atoms with van der Waals surface area (Å²) < 4.78 is 11.1. The van der Waals surface area contributed by atoms with E-state index in [-0.39, 0.29) is 0 Å². The highest BCUT2D eigenvalue weighted by molar-refractivity contribution is 5.48. The van der Waals surface area contributed by atoms with Crippen molar-refractivity contribution in [2.24, 2.45) is 0 Å². The Morgan fingerprint density at radius 1 is 1.31 bits per heavy atom. The van der Waals surface area contributed by atoms with Gasteiger partial charge in [0.2, 0.25) is 0 Å². The summed E-state index contributed by atoms with van der Waals surface area (Å²) in [5, 5.41) is 10.1. The lowest BCUT2D eigenvalue weighted by molar-refractivity contribution is 0.139. The van der Waals surface area contributed by atoms with Crippen molar-refractivity contribution in [2.45, 2.75) is 32.3 Å². The quantitative estimate of drug-likeness (QED) is 0.851. The summed E-state index contributed by atoms with van der Waals surface area (Å²) in [7, 11) is 0. The fraction of sp³-hybridized carbons (Fsp3) is 0.538. The molecule has 0 saturated carbocycles. The smallest absolute Gasteiger partial charge is 0.167 e. The number of fused-ring (bicyclic) bond motifs is 1. The highest BCUT2D eigenvalue weighted by Gasteiger charge is 2.19. The lowest BCUT2D eigenvalue weighted by Crippen LogP contribution is -2.17. The molecule has 0 saturated heterocycles. The molecule has 0 aliphatic carbocycles. The molecule has 0 fully saturated rings. The predicted molar refractivity (Wildman–Crippen MR) is 61.9 cm³/mol. The van der Waals surface area contributed by atoms with E-state index >= 15 is 0 Å². The number of unbranched alkanes of at least 4 members (excludes halogenated alkanes) is 1. The molecule has 3 nitrogen and oxygen atoms in total. The predicted octanol–water partition coefficient (Wildman–Crippen LogP) is 2.68. The fourth-order valence-electron chi connectivity index (χ4n) is 1.91. The van der Waals surface area contributed by atoms with Crippen LogP contribution in [0.3, 0.4) is 0 Å². The van der Waals surface area contributed by atoms with Gasteiger partial charge in [-0.05, 0) is 12.5 Å². The Kier molecular flexibility index (Phi) is 3.67. The van der Waals surface area contributed by atoms with Gasteiger partial charge in [0.05, 0.1) is 6.10 Å². The standard InChI is InChI=1S/C13H18O3/c1-2-3-6-11(14)10-5-4-7-12-13(10)16-9-8-15-12/h4-5,7,11,14H,2-3,6,8-9H2,1H3. The fourth-order valence-corrected chi connectivity index (χ4v) is 1.91. The Morgan fingerprint density at radius 2 is 2.12 bits per heavy atom. The first-order valence-corrected chi connectivity index (χ1v) is 5.89. The molecule has 0 amide bonds. The number of benzene rings is 1. The molecule has 3 heteroatoms.